The largest absolute Gasteiger partial charge is 0.462 e. The zero-order chi connectivity index (χ0) is 17.3. The van der Waals surface area contributed by atoms with Gasteiger partial charge in [-0.15, -0.1) is 11.3 Å². The number of ether oxygens (including phenoxy) is 1. The van der Waals surface area contributed by atoms with Gasteiger partial charge in [-0.05, 0) is 51.0 Å². The zero-order valence-corrected chi connectivity index (χ0v) is 16.3. The number of aromatic nitrogens is 2. The third kappa shape index (κ3) is 3.59. The van der Waals surface area contributed by atoms with Crippen LogP contribution in [0.25, 0.3) is 10.2 Å². The molecule has 2 aromatic heterocycles. The molecule has 1 aliphatic carbocycles. The van der Waals surface area contributed by atoms with Crippen LogP contribution in [0.4, 0.5) is 0 Å². The summed E-state index contributed by atoms with van der Waals surface area (Å²) in [6.07, 6.45) is 5.69. The molecule has 24 heavy (non-hydrogen) atoms. The van der Waals surface area contributed by atoms with Crippen LogP contribution in [0.5, 0.6) is 0 Å². The molecule has 0 aliphatic heterocycles. The van der Waals surface area contributed by atoms with E-state index >= 15 is 0 Å². The summed E-state index contributed by atoms with van der Waals surface area (Å²) >= 11 is 3.32. The van der Waals surface area contributed by atoms with Crippen molar-refractivity contribution in [2.24, 2.45) is 5.92 Å². The number of fused-ring (bicyclic) bond motifs is 3. The summed E-state index contributed by atoms with van der Waals surface area (Å²) in [4.78, 5) is 23.8. The maximum Gasteiger partial charge on any atom is 0.319 e. The second-order valence-electron chi connectivity index (χ2n) is 6.71. The Morgan fingerprint density at radius 1 is 1.46 bits per heavy atom. The molecular formula is C18H24N2O2S2. The number of carbonyl (C=O) groups is 1. The first-order valence-corrected chi connectivity index (χ1v) is 10.3. The van der Waals surface area contributed by atoms with E-state index in [9.17, 15) is 4.79 Å². The van der Waals surface area contributed by atoms with Crippen LogP contribution < -0.4 is 0 Å². The second-order valence-corrected chi connectivity index (χ2v) is 8.99. The van der Waals surface area contributed by atoms with Crippen LogP contribution in [0, 0.1) is 5.92 Å². The van der Waals surface area contributed by atoms with Crippen LogP contribution in [-0.4, -0.2) is 27.3 Å². The molecule has 0 fully saturated rings. The second kappa shape index (κ2) is 7.40. The Hall–Kier alpha value is -1.14. The summed E-state index contributed by atoms with van der Waals surface area (Å²) in [5, 5.41) is 1.88. The minimum Gasteiger partial charge on any atom is -0.462 e. The van der Waals surface area contributed by atoms with Gasteiger partial charge in [-0.1, -0.05) is 25.6 Å². The number of thiophene rings is 1. The van der Waals surface area contributed by atoms with Crippen LogP contribution in [0.15, 0.2) is 11.4 Å². The summed E-state index contributed by atoms with van der Waals surface area (Å²) in [6.45, 7) is 8.09. The first kappa shape index (κ1) is 17.7. The normalized spacial score (nSPS) is 18.6. The minimum atomic E-state index is -0.219. The topological polar surface area (TPSA) is 52.1 Å². The molecule has 2 atom stereocenters. The minimum absolute atomic E-state index is 0.0898. The lowest BCUT2D eigenvalue weighted by Crippen LogP contribution is -2.23. The molecule has 1 aliphatic rings. The number of thioether (sulfide) groups is 1. The fourth-order valence-electron chi connectivity index (χ4n) is 3.08. The summed E-state index contributed by atoms with van der Waals surface area (Å²) in [5.41, 5.74) is 1.41. The van der Waals surface area contributed by atoms with Crippen molar-refractivity contribution in [2.75, 3.05) is 0 Å². The van der Waals surface area contributed by atoms with Gasteiger partial charge in [0.25, 0.3) is 0 Å². The molecule has 0 saturated heterocycles. The fraction of sp³-hybridized carbons (Fsp3) is 0.611. The molecule has 0 radical (unpaired) electrons. The lowest BCUT2D eigenvalue weighted by atomic mass is 9.89. The lowest BCUT2D eigenvalue weighted by Gasteiger charge is -2.19. The van der Waals surface area contributed by atoms with Crippen LogP contribution in [0.2, 0.25) is 0 Å². The molecular weight excluding hydrogens is 340 g/mol. The van der Waals surface area contributed by atoms with Gasteiger partial charge in [0.15, 0.2) is 0 Å². The van der Waals surface area contributed by atoms with Crippen molar-refractivity contribution in [1.82, 2.24) is 9.97 Å². The molecule has 0 bridgehead atoms. The van der Waals surface area contributed by atoms with Gasteiger partial charge in [0, 0.05) is 10.3 Å². The predicted molar refractivity (Wildman–Crippen MR) is 99.8 cm³/mol. The molecule has 130 valence electrons. The third-order valence-corrected chi connectivity index (χ3v) is 6.80. The first-order chi connectivity index (χ1) is 11.5. The highest BCUT2D eigenvalue weighted by atomic mass is 32.2. The number of nitrogens with zero attached hydrogens (tertiary/aromatic N) is 2. The molecule has 6 heteroatoms. The Morgan fingerprint density at radius 3 is 2.96 bits per heavy atom. The number of rotatable bonds is 5. The van der Waals surface area contributed by atoms with E-state index in [0.717, 1.165) is 35.0 Å². The Bertz CT molecular complexity index is 742. The Morgan fingerprint density at radius 2 is 2.25 bits per heavy atom. The maximum absolute atomic E-state index is 12.3. The van der Waals surface area contributed by atoms with Crippen LogP contribution in [-0.2, 0) is 22.4 Å². The van der Waals surface area contributed by atoms with Gasteiger partial charge in [-0.2, -0.15) is 0 Å². The summed E-state index contributed by atoms with van der Waals surface area (Å²) < 4.78 is 5.40. The molecule has 0 amide bonds. The molecule has 3 rings (SSSR count). The molecule has 0 saturated carbocycles. The number of aryl methyl sites for hydroxylation is 1. The van der Waals surface area contributed by atoms with Gasteiger partial charge < -0.3 is 4.74 Å². The van der Waals surface area contributed by atoms with Crippen molar-refractivity contribution in [3.8, 4) is 0 Å². The average Bonchev–Trinajstić information content (AvgIpc) is 2.89. The number of hydrogen-bond acceptors (Lipinski definition) is 6. The summed E-state index contributed by atoms with van der Waals surface area (Å²) in [5.74, 6) is 0.584. The number of hydrogen-bond donors (Lipinski definition) is 0. The average molecular weight is 365 g/mol. The zero-order valence-electron chi connectivity index (χ0n) is 14.7. The van der Waals surface area contributed by atoms with Gasteiger partial charge in [0.05, 0.1) is 6.10 Å². The van der Waals surface area contributed by atoms with Crippen molar-refractivity contribution in [3.05, 3.63) is 16.8 Å². The van der Waals surface area contributed by atoms with Gasteiger partial charge >= 0.3 is 5.97 Å². The van der Waals surface area contributed by atoms with Gasteiger partial charge in [-0.25, -0.2) is 9.97 Å². The lowest BCUT2D eigenvalue weighted by molar-refractivity contribution is -0.146. The number of esters is 1. The smallest absolute Gasteiger partial charge is 0.319 e. The highest BCUT2D eigenvalue weighted by molar-refractivity contribution is 8.00. The molecule has 0 unspecified atom stereocenters. The van der Waals surface area contributed by atoms with E-state index in [-0.39, 0.29) is 17.3 Å². The quantitative estimate of drug-likeness (QED) is 0.439. The fourth-order valence-corrected chi connectivity index (χ4v) is 5.53. The van der Waals surface area contributed by atoms with Crippen LogP contribution in [0.1, 0.15) is 51.0 Å². The van der Waals surface area contributed by atoms with Crippen LogP contribution in [0.3, 0.4) is 0 Å². The SMILES string of the molecule is CC[C@@H](Sc1ncnc2sc3c(c12)CC[C@H](C)C3)C(=O)OC(C)C. The molecule has 2 heterocycles. The van der Waals surface area contributed by atoms with Crippen molar-refractivity contribution in [1.29, 1.82) is 0 Å². The Labute approximate surface area is 151 Å². The van der Waals surface area contributed by atoms with Gasteiger partial charge in [0.2, 0.25) is 0 Å². The van der Waals surface area contributed by atoms with Crippen molar-refractivity contribution in [3.63, 3.8) is 0 Å². The van der Waals surface area contributed by atoms with E-state index in [4.69, 9.17) is 4.74 Å². The van der Waals surface area contributed by atoms with Crippen molar-refractivity contribution >= 4 is 39.3 Å². The Kier molecular flexibility index (Phi) is 5.45. The van der Waals surface area contributed by atoms with E-state index in [1.165, 1.54) is 34.0 Å². The monoisotopic (exact) mass is 364 g/mol. The highest BCUT2D eigenvalue weighted by Crippen LogP contribution is 2.41. The van der Waals surface area contributed by atoms with E-state index in [0.29, 0.717) is 0 Å². The van der Waals surface area contributed by atoms with E-state index < -0.39 is 0 Å². The summed E-state index contributed by atoms with van der Waals surface area (Å²) in [7, 11) is 0. The van der Waals surface area contributed by atoms with Crippen LogP contribution >= 0.6 is 23.1 Å². The van der Waals surface area contributed by atoms with Crippen molar-refractivity contribution < 1.29 is 9.53 Å². The molecule has 2 aromatic rings. The van der Waals surface area contributed by atoms with E-state index in [2.05, 4.69) is 16.9 Å². The molecule has 0 N–H and O–H groups in total. The standard InChI is InChI=1S/C18H24N2O2S2/c1-5-13(18(21)22-10(2)3)23-16-15-12-7-6-11(4)8-14(12)24-17(15)20-9-19-16/h9-11,13H,5-8H2,1-4H3/t11-,13+/m0/s1. The molecule has 0 aromatic carbocycles. The van der Waals surface area contributed by atoms with Crippen molar-refractivity contribution in [2.45, 2.75) is 69.8 Å². The van der Waals surface area contributed by atoms with E-state index in [1.807, 2.05) is 20.8 Å². The first-order valence-electron chi connectivity index (χ1n) is 8.62. The highest BCUT2D eigenvalue weighted by Gasteiger charge is 2.26. The Balaban J connectivity index is 1.93. The molecule has 4 nitrogen and oxygen atoms in total. The molecule has 0 spiro atoms. The predicted octanol–water partition coefficient (Wildman–Crippen LogP) is 4.64. The third-order valence-electron chi connectivity index (χ3n) is 4.30. The van der Waals surface area contributed by atoms with Gasteiger partial charge in [0.1, 0.15) is 21.4 Å². The maximum atomic E-state index is 12.3. The van der Waals surface area contributed by atoms with Gasteiger partial charge in [-0.3, -0.25) is 4.79 Å². The number of carbonyl (C=O) groups excluding carboxylic acids is 1. The summed E-state index contributed by atoms with van der Waals surface area (Å²) in [6, 6.07) is 0. The van der Waals surface area contributed by atoms with E-state index in [1.54, 1.807) is 17.7 Å².